The van der Waals surface area contributed by atoms with Crippen LogP contribution in [-0.4, -0.2) is 63.0 Å². The van der Waals surface area contributed by atoms with E-state index in [0.29, 0.717) is 37.5 Å². The van der Waals surface area contributed by atoms with Crippen molar-refractivity contribution in [3.8, 4) is 11.5 Å². The molecule has 0 radical (unpaired) electrons. The number of methoxy groups -OCH3 is 1. The van der Waals surface area contributed by atoms with Crippen molar-refractivity contribution in [2.45, 2.75) is 26.3 Å². The third-order valence-corrected chi connectivity index (χ3v) is 6.63. The van der Waals surface area contributed by atoms with Crippen LogP contribution < -0.4 is 14.8 Å². The van der Waals surface area contributed by atoms with E-state index in [-0.39, 0.29) is 5.91 Å². The zero-order valence-electron chi connectivity index (χ0n) is 21.3. The number of aryl methyl sites for hydroxylation is 1. The molecule has 3 N–H and O–H groups in total. The van der Waals surface area contributed by atoms with Crippen molar-refractivity contribution in [3.05, 3.63) is 71.1 Å². The van der Waals surface area contributed by atoms with E-state index >= 15 is 0 Å². The molecule has 1 amide bonds. The zero-order chi connectivity index (χ0) is 25.9. The van der Waals surface area contributed by atoms with Crippen molar-refractivity contribution in [2.75, 3.05) is 26.8 Å². The Morgan fingerprint density at radius 2 is 1.95 bits per heavy atom. The lowest BCUT2D eigenvalue weighted by Gasteiger charge is -2.26. The van der Waals surface area contributed by atoms with Crippen molar-refractivity contribution in [1.82, 2.24) is 29.7 Å². The number of hydrogen-bond donors (Lipinski definition) is 3. The molecule has 1 aliphatic rings. The van der Waals surface area contributed by atoms with Gasteiger partial charge in [0, 0.05) is 25.6 Å². The van der Waals surface area contributed by atoms with Gasteiger partial charge in [0.05, 0.1) is 54.9 Å². The average molecular weight is 502 g/mol. The first-order valence-electron chi connectivity index (χ1n) is 12.3. The predicted octanol–water partition coefficient (Wildman–Crippen LogP) is 3.06. The van der Waals surface area contributed by atoms with Crippen LogP contribution in [0.3, 0.4) is 0 Å². The third-order valence-electron chi connectivity index (χ3n) is 6.63. The molecule has 0 fully saturated rings. The molecular formula is C27H31N7O3. The van der Waals surface area contributed by atoms with Crippen molar-refractivity contribution >= 4 is 22.8 Å². The zero-order valence-corrected chi connectivity index (χ0v) is 21.3. The number of aromatic amines is 1. The number of amides is 1. The Morgan fingerprint density at radius 3 is 2.70 bits per heavy atom. The van der Waals surface area contributed by atoms with Gasteiger partial charge in [0.25, 0.3) is 5.91 Å². The second-order valence-corrected chi connectivity index (χ2v) is 9.11. The number of carbonyl (C=O) groups is 1. The fourth-order valence-corrected chi connectivity index (χ4v) is 4.52. The summed E-state index contributed by atoms with van der Waals surface area (Å²) in [6.45, 7) is 4.06. The number of carbonyl (C=O) groups excluding carboxylic acids is 1. The van der Waals surface area contributed by atoms with E-state index in [0.717, 1.165) is 58.5 Å². The molecule has 192 valence electrons. The highest BCUT2D eigenvalue weighted by atomic mass is 16.5. The van der Waals surface area contributed by atoms with Crippen LogP contribution in [0.25, 0.3) is 11.0 Å². The number of H-pyrrole nitrogens is 1. The number of rotatable bonds is 8. The standard InChI is InChI=1S/C27H31N7O3/c1-17(28)34-12-10-21-23(16-34)31-25(30-21)15-26-32-22-9-4-18(14-24(22)33(26)2)27(35)29-11-13-37-20-7-5-19(36-3)6-8-20/h4-9,14,28H,10-13,15-16H2,1-3H3,(H,29,35)(H,30,31). The molecule has 4 aromatic rings. The van der Waals surface area contributed by atoms with Gasteiger partial charge in [0.15, 0.2) is 0 Å². The van der Waals surface area contributed by atoms with E-state index in [9.17, 15) is 4.79 Å². The summed E-state index contributed by atoms with van der Waals surface area (Å²) in [6, 6.07) is 12.9. The Morgan fingerprint density at radius 1 is 1.16 bits per heavy atom. The largest absolute Gasteiger partial charge is 0.497 e. The lowest BCUT2D eigenvalue weighted by atomic mass is 10.1. The van der Waals surface area contributed by atoms with Crippen LogP contribution in [-0.2, 0) is 26.4 Å². The van der Waals surface area contributed by atoms with Gasteiger partial charge in [0.1, 0.15) is 29.8 Å². The summed E-state index contributed by atoms with van der Waals surface area (Å²) in [6.07, 6.45) is 1.39. The van der Waals surface area contributed by atoms with E-state index in [1.807, 2.05) is 59.8 Å². The predicted molar refractivity (Wildman–Crippen MR) is 140 cm³/mol. The number of benzene rings is 2. The first-order valence-corrected chi connectivity index (χ1v) is 12.3. The van der Waals surface area contributed by atoms with Gasteiger partial charge in [-0.3, -0.25) is 10.2 Å². The monoisotopic (exact) mass is 501 g/mol. The summed E-state index contributed by atoms with van der Waals surface area (Å²) in [5, 5.41) is 10.8. The molecular weight excluding hydrogens is 470 g/mol. The lowest BCUT2D eigenvalue weighted by molar-refractivity contribution is 0.0947. The molecule has 2 aromatic carbocycles. The van der Waals surface area contributed by atoms with E-state index in [1.165, 1.54) is 0 Å². The topological polar surface area (TPSA) is 121 Å². The molecule has 5 rings (SSSR count). The highest BCUT2D eigenvalue weighted by molar-refractivity contribution is 5.97. The molecule has 0 unspecified atom stereocenters. The molecule has 10 nitrogen and oxygen atoms in total. The van der Waals surface area contributed by atoms with Crippen LogP contribution in [0.5, 0.6) is 11.5 Å². The lowest BCUT2D eigenvalue weighted by Crippen LogP contribution is -2.33. The minimum absolute atomic E-state index is 0.160. The van der Waals surface area contributed by atoms with Gasteiger partial charge >= 0.3 is 0 Å². The first kappa shape index (κ1) is 24.4. The van der Waals surface area contributed by atoms with Gasteiger partial charge in [-0.25, -0.2) is 9.97 Å². The molecule has 0 saturated carbocycles. The third kappa shape index (κ3) is 5.28. The number of aromatic nitrogens is 4. The highest BCUT2D eigenvalue weighted by Gasteiger charge is 2.21. The first-order chi connectivity index (χ1) is 17.9. The molecule has 0 atom stereocenters. The Bertz CT molecular complexity index is 1440. The fourth-order valence-electron chi connectivity index (χ4n) is 4.52. The van der Waals surface area contributed by atoms with Crippen LogP contribution in [0.4, 0.5) is 0 Å². The number of amidine groups is 1. The molecule has 3 heterocycles. The van der Waals surface area contributed by atoms with Gasteiger partial charge in [-0.1, -0.05) is 0 Å². The summed E-state index contributed by atoms with van der Waals surface area (Å²) in [5.41, 5.74) is 4.43. The summed E-state index contributed by atoms with van der Waals surface area (Å²) in [5.74, 6) is 3.63. The van der Waals surface area contributed by atoms with Crippen molar-refractivity contribution < 1.29 is 14.3 Å². The maximum absolute atomic E-state index is 12.7. The fraction of sp³-hybridized carbons (Fsp3) is 0.333. The minimum Gasteiger partial charge on any atom is -0.497 e. The number of hydrogen-bond acceptors (Lipinski definition) is 6. The normalized spacial score (nSPS) is 12.9. The Balaban J connectivity index is 1.21. The number of nitrogens with one attached hydrogen (secondary N) is 3. The summed E-state index contributed by atoms with van der Waals surface area (Å²) in [4.78, 5) is 27.8. The van der Waals surface area contributed by atoms with Crippen LogP contribution >= 0.6 is 0 Å². The summed E-state index contributed by atoms with van der Waals surface area (Å²) >= 11 is 0. The number of fused-ring (bicyclic) bond motifs is 2. The van der Waals surface area contributed by atoms with Gasteiger partial charge < -0.3 is 29.2 Å². The highest BCUT2D eigenvalue weighted by Crippen LogP contribution is 2.21. The summed E-state index contributed by atoms with van der Waals surface area (Å²) < 4.78 is 12.8. The summed E-state index contributed by atoms with van der Waals surface area (Å²) in [7, 11) is 3.58. The van der Waals surface area contributed by atoms with E-state index in [2.05, 4.69) is 10.3 Å². The van der Waals surface area contributed by atoms with Gasteiger partial charge in [-0.2, -0.15) is 0 Å². The molecule has 0 spiro atoms. The van der Waals surface area contributed by atoms with E-state index < -0.39 is 0 Å². The van der Waals surface area contributed by atoms with Crippen molar-refractivity contribution in [2.24, 2.45) is 7.05 Å². The maximum Gasteiger partial charge on any atom is 0.251 e. The van der Waals surface area contributed by atoms with Crippen molar-refractivity contribution in [1.29, 1.82) is 5.41 Å². The second-order valence-electron chi connectivity index (χ2n) is 9.11. The smallest absolute Gasteiger partial charge is 0.251 e. The number of nitrogens with zero attached hydrogens (tertiary/aromatic N) is 4. The Labute approximate surface area is 215 Å². The Kier molecular flexibility index (Phi) is 6.80. The van der Waals surface area contributed by atoms with Crippen LogP contribution in [0.15, 0.2) is 42.5 Å². The van der Waals surface area contributed by atoms with Crippen LogP contribution in [0.2, 0.25) is 0 Å². The molecule has 0 saturated heterocycles. The average Bonchev–Trinajstić information content (AvgIpc) is 3.45. The molecule has 0 bridgehead atoms. The van der Waals surface area contributed by atoms with Crippen LogP contribution in [0.1, 0.15) is 40.3 Å². The van der Waals surface area contributed by atoms with Crippen LogP contribution in [0, 0.1) is 5.41 Å². The number of ether oxygens (including phenoxy) is 2. The SMILES string of the molecule is COc1ccc(OCCNC(=O)c2ccc3nc(Cc4nc5c([nH]4)CN(C(C)=N)CC5)n(C)c3c2)cc1. The molecule has 37 heavy (non-hydrogen) atoms. The minimum atomic E-state index is -0.160. The Hall–Kier alpha value is -4.34. The number of imidazole rings is 2. The molecule has 1 aliphatic heterocycles. The second kappa shape index (κ2) is 10.3. The quantitative estimate of drug-likeness (QED) is 0.194. The molecule has 0 aliphatic carbocycles. The van der Waals surface area contributed by atoms with Gasteiger partial charge in [0.2, 0.25) is 0 Å². The van der Waals surface area contributed by atoms with E-state index in [4.69, 9.17) is 24.9 Å². The molecule has 2 aromatic heterocycles. The van der Waals surface area contributed by atoms with E-state index in [1.54, 1.807) is 13.2 Å². The van der Waals surface area contributed by atoms with Gasteiger partial charge in [-0.15, -0.1) is 0 Å². The van der Waals surface area contributed by atoms with Gasteiger partial charge in [-0.05, 0) is 49.4 Å². The molecule has 10 heteroatoms. The maximum atomic E-state index is 12.7. The van der Waals surface area contributed by atoms with Crippen molar-refractivity contribution in [3.63, 3.8) is 0 Å².